The van der Waals surface area contributed by atoms with Gasteiger partial charge in [0.2, 0.25) is 5.95 Å². The van der Waals surface area contributed by atoms with Gasteiger partial charge >= 0.3 is 0 Å². The summed E-state index contributed by atoms with van der Waals surface area (Å²) in [6.07, 6.45) is 6.42. The number of ether oxygens (including phenoxy) is 1. The smallest absolute Gasteiger partial charge is 0.203 e. The summed E-state index contributed by atoms with van der Waals surface area (Å²) in [6.45, 7) is 5.26. The lowest BCUT2D eigenvalue weighted by Crippen LogP contribution is -2.38. The Morgan fingerprint density at radius 1 is 1.44 bits per heavy atom. The van der Waals surface area contributed by atoms with Gasteiger partial charge in [0.1, 0.15) is 0 Å². The number of anilines is 1. The number of imidazole rings is 1. The van der Waals surface area contributed by atoms with E-state index in [9.17, 15) is 0 Å². The van der Waals surface area contributed by atoms with Crippen molar-refractivity contribution in [2.24, 2.45) is 0 Å². The minimum Gasteiger partial charge on any atom is -0.373 e. The fourth-order valence-corrected chi connectivity index (χ4v) is 2.76. The summed E-state index contributed by atoms with van der Waals surface area (Å²) in [4.78, 5) is 4.49. The second kappa shape index (κ2) is 3.77. The molecule has 0 bridgehead atoms. The van der Waals surface area contributed by atoms with E-state index in [0.29, 0.717) is 18.2 Å². The minimum atomic E-state index is 0.376. The molecule has 2 aliphatic rings. The van der Waals surface area contributed by atoms with Gasteiger partial charge in [-0.3, -0.25) is 0 Å². The van der Waals surface area contributed by atoms with Crippen LogP contribution in [0.2, 0.25) is 0 Å². The van der Waals surface area contributed by atoms with Crippen LogP contribution in [0.3, 0.4) is 0 Å². The van der Waals surface area contributed by atoms with Crippen LogP contribution in [0.25, 0.3) is 0 Å². The Bertz CT molecular complexity index is 388. The molecule has 1 saturated heterocycles. The fraction of sp³-hybridized carbons (Fsp3) is 0.750. The Morgan fingerprint density at radius 3 is 3.06 bits per heavy atom. The number of rotatable bonds is 1. The van der Waals surface area contributed by atoms with Gasteiger partial charge in [-0.2, -0.15) is 0 Å². The van der Waals surface area contributed by atoms with Crippen LogP contribution >= 0.6 is 0 Å². The molecule has 2 aliphatic heterocycles. The standard InChI is InChI=1S/C12H19N3O/c1-8-7-15-6-5-10(14-12(15)13-8)11-4-3-9(2)16-11/h7,9-11H,3-6H2,1-2H3,(H,13,14). The zero-order valence-corrected chi connectivity index (χ0v) is 9.94. The van der Waals surface area contributed by atoms with Gasteiger partial charge < -0.3 is 14.6 Å². The predicted molar refractivity (Wildman–Crippen MR) is 62.6 cm³/mol. The van der Waals surface area contributed by atoms with Crippen molar-refractivity contribution in [3.05, 3.63) is 11.9 Å². The molecule has 4 heteroatoms. The lowest BCUT2D eigenvalue weighted by Gasteiger charge is -2.29. The molecule has 1 fully saturated rings. The Kier molecular flexibility index (Phi) is 2.39. The molecule has 1 aromatic heterocycles. The Hall–Kier alpha value is -1.03. The van der Waals surface area contributed by atoms with Crippen molar-refractivity contribution >= 4 is 5.95 Å². The molecule has 3 rings (SSSR count). The minimum absolute atomic E-state index is 0.376. The molecule has 0 amide bonds. The number of nitrogens with one attached hydrogen (secondary N) is 1. The molecule has 3 atom stereocenters. The molecule has 1 N–H and O–H groups in total. The summed E-state index contributed by atoms with van der Waals surface area (Å²) < 4.78 is 8.12. The number of hydrogen-bond acceptors (Lipinski definition) is 3. The Labute approximate surface area is 96.0 Å². The number of nitrogens with zero attached hydrogens (tertiary/aromatic N) is 2. The van der Waals surface area contributed by atoms with Crippen molar-refractivity contribution < 1.29 is 4.74 Å². The SMILES string of the molecule is Cc1cn2c(n1)NC(C1CCC(C)O1)CC2. The van der Waals surface area contributed by atoms with E-state index in [1.54, 1.807) is 0 Å². The number of aromatic nitrogens is 2. The first kappa shape index (κ1) is 10.1. The normalized spacial score (nSPS) is 33.5. The molecule has 0 aromatic carbocycles. The van der Waals surface area contributed by atoms with E-state index >= 15 is 0 Å². The van der Waals surface area contributed by atoms with E-state index in [4.69, 9.17) is 4.74 Å². The second-order valence-corrected chi connectivity index (χ2v) is 5.00. The molecule has 3 heterocycles. The van der Waals surface area contributed by atoms with Crippen LogP contribution in [-0.4, -0.2) is 27.8 Å². The summed E-state index contributed by atoms with van der Waals surface area (Å²) >= 11 is 0. The highest BCUT2D eigenvalue weighted by atomic mass is 16.5. The third kappa shape index (κ3) is 1.71. The van der Waals surface area contributed by atoms with Gasteiger partial charge in [-0.25, -0.2) is 4.98 Å². The molecular weight excluding hydrogens is 202 g/mol. The van der Waals surface area contributed by atoms with E-state index in [-0.39, 0.29) is 0 Å². The lowest BCUT2D eigenvalue weighted by atomic mass is 10.0. The van der Waals surface area contributed by atoms with Crippen LogP contribution < -0.4 is 5.32 Å². The quantitative estimate of drug-likeness (QED) is 0.787. The van der Waals surface area contributed by atoms with E-state index in [1.807, 2.05) is 6.92 Å². The van der Waals surface area contributed by atoms with E-state index in [2.05, 4.69) is 28.0 Å². The summed E-state index contributed by atoms with van der Waals surface area (Å²) in [5.74, 6) is 1.01. The molecule has 0 spiro atoms. The number of hydrogen-bond donors (Lipinski definition) is 1. The fourth-order valence-electron chi connectivity index (χ4n) is 2.76. The summed E-state index contributed by atoms with van der Waals surface area (Å²) in [7, 11) is 0. The third-order valence-corrected chi connectivity index (χ3v) is 3.61. The predicted octanol–water partition coefficient (Wildman–Crippen LogP) is 1.94. The van der Waals surface area contributed by atoms with Crippen LogP contribution in [0.1, 0.15) is 31.9 Å². The lowest BCUT2D eigenvalue weighted by molar-refractivity contribution is 0.0406. The first-order chi connectivity index (χ1) is 7.72. The van der Waals surface area contributed by atoms with Crippen molar-refractivity contribution in [1.29, 1.82) is 0 Å². The van der Waals surface area contributed by atoms with Crippen LogP contribution in [0, 0.1) is 6.92 Å². The monoisotopic (exact) mass is 221 g/mol. The van der Waals surface area contributed by atoms with Crippen LogP contribution in [-0.2, 0) is 11.3 Å². The average Bonchev–Trinajstić information content (AvgIpc) is 2.81. The van der Waals surface area contributed by atoms with Gasteiger partial charge in [-0.15, -0.1) is 0 Å². The van der Waals surface area contributed by atoms with Gasteiger partial charge in [0.15, 0.2) is 0 Å². The summed E-state index contributed by atoms with van der Waals surface area (Å²) in [5.41, 5.74) is 1.09. The molecular formula is C12H19N3O. The average molecular weight is 221 g/mol. The van der Waals surface area contributed by atoms with Gasteiger partial charge in [0, 0.05) is 12.7 Å². The zero-order valence-electron chi connectivity index (χ0n) is 9.94. The van der Waals surface area contributed by atoms with E-state index in [1.165, 1.54) is 12.8 Å². The van der Waals surface area contributed by atoms with Gasteiger partial charge in [-0.1, -0.05) is 0 Å². The second-order valence-electron chi connectivity index (χ2n) is 5.00. The van der Waals surface area contributed by atoms with Crippen LogP contribution in [0.4, 0.5) is 5.95 Å². The highest BCUT2D eigenvalue weighted by molar-refractivity contribution is 5.32. The van der Waals surface area contributed by atoms with Gasteiger partial charge in [-0.05, 0) is 33.1 Å². The molecule has 0 saturated carbocycles. The summed E-state index contributed by atoms with van der Waals surface area (Å²) in [6, 6.07) is 0.444. The summed E-state index contributed by atoms with van der Waals surface area (Å²) in [5, 5.41) is 3.51. The molecule has 1 aromatic rings. The van der Waals surface area contributed by atoms with Crippen molar-refractivity contribution in [3.8, 4) is 0 Å². The molecule has 88 valence electrons. The topological polar surface area (TPSA) is 39.1 Å². The first-order valence-electron chi connectivity index (χ1n) is 6.18. The maximum absolute atomic E-state index is 5.92. The van der Waals surface area contributed by atoms with Crippen molar-refractivity contribution in [3.63, 3.8) is 0 Å². The molecule has 4 nitrogen and oxygen atoms in total. The van der Waals surface area contributed by atoms with E-state index < -0.39 is 0 Å². The maximum Gasteiger partial charge on any atom is 0.203 e. The van der Waals surface area contributed by atoms with Gasteiger partial charge in [0.05, 0.1) is 23.9 Å². The largest absolute Gasteiger partial charge is 0.373 e. The highest BCUT2D eigenvalue weighted by Crippen LogP contribution is 2.28. The van der Waals surface area contributed by atoms with Crippen LogP contribution in [0.5, 0.6) is 0 Å². The van der Waals surface area contributed by atoms with Crippen molar-refractivity contribution in [2.75, 3.05) is 5.32 Å². The van der Waals surface area contributed by atoms with E-state index in [0.717, 1.165) is 24.6 Å². The molecule has 3 unspecified atom stereocenters. The van der Waals surface area contributed by atoms with Crippen molar-refractivity contribution in [1.82, 2.24) is 9.55 Å². The van der Waals surface area contributed by atoms with Crippen LogP contribution in [0.15, 0.2) is 6.20 Å². The van der Waals surface area contributed by atoms with Crippen molar-refractivity contribution in [2.45, 2.75) is 57.9 Å². The third-order valence-electron chi connectivity index (χ3n) is 3.61. The highest BCUT2D eigenvalue weighted by Gasteiger charge is 2.32. The Balaban J connectivity index is 1.72. The maximum atomic E-state index is 5.92. The zero-order chi connectivity index (χ0) is 11.1. The molecule has 16 heavy (non-hydrogen) atoms. The molecule has 0 radical (unpaired) electrons. The van der Waals surface area contributed by atoms with Gasteiger partial charge in [0.25, 0.3) is 0 Å². The number of fused-ring (bicyclic) bond motifs is 1. The Morgan fingerprint density at radius 2 is 2.31 bits per heavy atom. The number of aryl methyl sites for hydroxylation is 2. The molecule has 0 aliphatic carbocycles. The first-order valence-corrected chi connectivity index (χ1v) is 6.18.